The van der Waals surface area contributed by atoms with Crippen LogP contribution < -0.4 is 9.46 Å². The Morgan fingerprint density at radius 1 is 1.09 bits per heavy atom. The van der Waals surface area contributed by atoms with Gasteiger partial charge in [0.2, 0.25) is 11.8 Å². The number of hydrogen-bond donors (Lipinski definition) is 1. The Bertz CT molecular complexity index is 1410. The van der Waals surface area contributed by atoms with E-state index in [2.05, 4.69) is 19.9 Å². The third kappa shape index (κ3) is 4.55. The topological polar surface area (TPSA) is 131 Å². The van der Waals surface area contributed by atoms with Gasteiger partial charge in [-0.15, -0.1) is 10.2 Å². The van der Waals surface area contributed by atoms with Gasteiger partial charge in [0.05, 0.1) is 16.7 Å². The summed E-state index contributed by atoms with van der Waals surface area (Å²) in [5, 5.41) is 17.2. The van der Waals surface area contributed by atoms with Crippen molar-refractivity contribution in [1.82, 2.24) is 15.2 Å². The highest BCUT2D eigenvalue weighted by Crippen LogP contribution is 2.29. The summed E-state index contributed by atoms with van der Waals surface area (Å²) in [7, 11) is -4.05. The second-order valence-corrected chi connectivity index (χ2v) is 8.17. The predicted octanol–water partition coefficient (Wildman–Crippen LogP) is 4.04. The van der Waals surface area contributed by atoms with E-state index >= 15 is 0 Å². The van der Waals surface area contributed by atoms with E-state index in [1.54, 1.807) is 31.2 Å². The molecule has 0 radical (unpaired) electrons. The maximum Gasteiger partial charge on any atom is 0.263 e. The quantitative estimate of drug-likeness (QED) is 0.465. The van der Waals surface area contributed by atoms with Crippen molar-refractivity contribution in [2.24, 2.45) is 0 Å². The number of hydrogen-bond acceptors (Lipinski definition) is 8. The molecule has 11 heteroatoms. The number of nitriles is 1. The lowest BCUT2D eigenvalue weighted by molar-refractivity contribution is 0.480. The molecule has 2 aromatic carbocycles. The van der Waals surface area contributed by atoms with Gasteiger partial charge in [0.1, 0.15) is 29.2 Å². The summed E-state index contributed by atoms with van der Waals surface area (Å²) in [4.78, 5) is 3.49. The first-order chi connectivity index (χ1) is 15.3. The molecule has 32 heavy (non-hydrogen) atoms. The smallest absolute Gasteiger partial charge is 0.263 e. The first-order valence-corrected chi connectivity index (χ1v) is 10.6. The second kappa shape index (κ2) is 8.44. The summed E-state index contributed by atoms with van der Waals surface area (Å²) in [6.45, 7) is 1.69. The number of nitrogens with zero attached hydrogens (tertiary/aromatic N) is 4. The maximum atomic E-state index is 13.0. The van der Waals surface area contributed by atoms with Crippen molar-refractivity contribution in [3.63, 3.8) is 0 Å². The van der Waals surface area contributed by atoms with Crippen LogP contribution in [-0.4, -0.2) is 23.6 Å². The monoisotopic (exact) mass is 451 g/mol. The zero-order chi connectivity index (χ0) is 22.7. The van der Waals surface area contributed by atoms with Crippen LogP contribution in [0, 0.1) is 24.1 Å². The van der Waals surface area contributed by atoms with E-state index in [0.717, 1.165) is 12.3 Å². The van der Waals surface area contributed by atoms with Gasteiger partial charge in [0.25, 0.3) is 10.0 Å². The summed E-state index contributed by atoms with van der Waals surface area (Å²) in [5.74, 6) is 0.755. The molecule has 9 nitrogen and oxygen atoms in total. The van der Waals surface area contributed by atoms with Crippen LogP contribution in [0.25, 0.3) is 11.5 Å². The summed E-state index contributed by atoms with van der Waals surface area (Å²) < 4.78 is 51.5. The molecule has 4 rings (SSSR count). The number of aromatic nitrogens is 3. The van der Waals surface area contributed by atoms with Crippen LogP contribution in [0.15, 0.2) is 70.1 Å². The molecule has 160 valence electrons. The molecule has 0 aliphatic heterocycles. The Hall–Kier alpha value is -4.30. The number of pyridine rings is 1. The molecule has 0 aliphatic rings. The van der Waals surface area contributed by atoms with Gasteiger partial charge in [-0.1, -0.05) is 0 Å². The van der Waals surface area contributed by atoms with Crippen LogP contribution in [0.2, 0.25) is 0 Å². The molecule has 0 fully saturated rings. The highest BCUT2D eigenvalue weighted by atomic mass is 32.2. The second-order valence-electron chi connectivity index (χ2n) is 6.49. The average molecular weight is 451 g/mol. The Morgan fingerprint density at radius 3 is 2.50 bits per heavy atom. The van der Waals surface area contributed by atoms with Crippen LogP contribution in [-0.2, 0) is 10.0 Å². The van der Waals surface area contributed by atoms with E-state index in [9.17, 15) is 18.1 Å². The van der Waals surface area contributed by atoms with E-state index in [1.807, 2.05) is 6.07 Å². The minimum Gasteiger partial charge on any atom is -0.456 e. The summed E-state index contributed by atoms with van der Waals surface area (Å²) in [6.07, 6.45) is 0.889. The molecule has 0 amide bonds. The van der Waals surface area contributed by atoms with Crippen molar-refractivity contribution >= 4 is 15.8 Å². The van der Waals surface area contributed by atoms with Crippen LogP contribution in [0.5, 0.6) is 11.5 Å². The van der Waals surface area contributed by atoms with Gasteiger partial charge in [-0.3, -0.25) is 4.72 Å². The summed E-state index contributed by atoms with van der Waals surface area (Å²) in [6, 6.07) is 14.8. The number of halogens is 1. The third-order valence-electron chi connectivity index (χ3n) is 4.20. The SMILES string of the molecule is Cc1nnc(-c2ccc(Oc3ccc(S(=O)(=O)Nc4ccc(F)cn4)cc3C#N)cc2)o1. The summed E-state index contributed by atoms with van der Waals surface area (Å²) in [5.41, 5.74) is 0.705. The third-order valence-corrected chi connectivity index (χ3v) is 5.56. The van der Waals surface area contributed by atoms with E-state index in [-0.39, 0.29) is 22.0 Å². The molecule has 2 heterocycles. The van der Waals surface area contributed by atoms with Crippen molar-refractivity contribution in [1.29, 1.82) is 5.26 Å². The van der Waals surface area contributed by atoms with Gasteiger partial charge < -0.3 is 9.15 Å². The Labute approximate surface area is 182 Å². The van der Waals surface area contributed by atoms with Gasteiger partial charge >= 0.3 is 0 Å². The van der Waals surface area contributed by atoms with Crippen molar-refractivity contribution in [2.75, 3.05) is 4.72 Å². The molecule has 4 aromatic rings. The zero-order valence-electron chi connectivity index (χ0n) is 16.5. The number of benzene rings is 2. The number of nitrogens with one attached hydrogen (secondary N) is 1. The van der Waals surface area contributed by atoms with Gasteiger partial charge in [-0.2, -0.15) is 5.26 Å². The molecule has 0 aliphatic carbocycles. The number of sulfonamides is 1. The predicted molar refractivity (Wildman–Crippen MR) is 111 cm³/mol. The number of rotatable bonds is 6. The van der Waals surface area contributed by atoms with E-state index < -0.39 is 15.8 Å². The van der Waals surface area contributed by atoms with Gasteiger partial charge in [-0.05, 0) is 54.6 Å². The van der Waals surface area contributed by atoms with E-state index in [4.69, 9.17) is 9.15 Å². The first-order valence-electron chi connectivity index (χ1n) is 9.11. The minimum absolute atomic E-state index is 0.0107. The van der Waals surface area contributed by atoms with Crippen molar-refractivity contribution in [3.8, 4) is 29.0 Å². The van der Waals surface area contributed by atoms with Crippen LogP contribution in [0.4, 0.5) is 10.2 Å². The highest BCUT2D eigenvalue weighted by Gasteiger charge is 2.18. The van der Waals surface area contributed by atoms with Crippen LogP contribution in [0.1, 0.15) is 11.5 Å². The largest absolute Gasteiger partial charge is 0.456 e. The Balaban J connectivity index is 1.54. The molecule has 0 saturated heterocycles. The lowest BCUT2D eigenvalue weighted by Gasteiger charge is -2.11. The molecular weight excluding hydrogens is 437 g/mol. The molecule has 2 aromatic heterocycles. The standard InChI is InChI=1S/C21H14FN5O4S/c1-13-25-26-21(30-13)14-2-5-17(6-3-14)31-19-8-7-18(10-15(19)11-23)32(28,29)27-20-9-4-16(22)12-24-20/h2-10,12H,1H3,(H,24,27). The molecule has 0 spiro atoms. The molecule has 0 atom stereocenters. The molecule has 1 N–H and O–H groups in total. The fourth-order valence-corrected chi connectivity index (χ4v) is 3.73. The van der Waals surface area contributed by atoms with Gasteiger partial charge in [-0.25, -0.2) is 17.8 Å². The lowest BCUT2D eigenvalue weighted by atomic mass is 10.2. The Kier molecular flexibility index (Phi) is 5.53. The Morgan fingerprint density at radius 2 is 1.88 bits per heavy atom. The van der Waals surface area contributed by atoms with Crippen molar-refractivity contribution in [3.05, 3.63) is 78.1 Å². The molecular formula is C21H14FN5O4S. The van der Waals surface area contributed by atoms with E-state index in [0.29, 0.717) is 23.1 Å². The number of ether oxygens (including phenoxy) is 1. The van der Waals surface area contributed by atoms with Crippen LogP contribution in [0.3, 0.4) is 0 Å². The van der Waals surface area contributed by atoms with E-state index in [1.165, 1.54) is 24.3 Å². The van der Waals surface area contributed by atoms with Gasteiger partial charge in [0, 0.05) is 12.5 Å². The minimum atomic E-state index is -4.05. The zero-order valence-corrected chi connectivity index (χ0v) is 17.3. The number of aryl methyl sites for hydroxylation is 1. The lowest BCUT2D eigenvalue weighted by Crippen LogP contribution is -2.14. The van der Waals surface area contributed by atoms with Crippen molar-refractivity contribution in [2.45, 2.75) is 11.8 Å². The average Bonchev–Trinajstić information content (AvgIpc) is 3.22. The normalized spacial score (nSPS) is 11.0. The fourth-order valence-electron chi connectivity index (χ4n) is 2.69. The number of anilines is 1. The molecule has 0 unspecified atom stereocenters. The molecule has 0 bridgehead atoms. The summed E-state index contributed by atoms with van der Waals surface area (Å²) >= 11 is 0. The van der Waals surface area contributed by atoms with Crippen LogP contribution >= 0.6 is 0 Å². The van der Waals surface area contributed by atoms with Gasteiger partial charge in [0.15, 0.2) is 0 Å². The molecule has 0 saturated carbocycles. The van der Waals surface area contributed by atoms with Crippen molar-refractivity contribution < 1.29 is 22.0 Å². The fraction of sp³-hybridized carbons (Fsp3) is 0.0476. The highest BCUT2D eigenvalue weighted by molar-refractivity contribution is 7.92. The first kappa shape index (κ1) is 21.0. The maximum absolute atomic E-state index is 13.0.